The summed E-state index contributed by atoms with van der Waals surface area (Å²) >= 11 is 0. The predicted molar refractivity (Wildman–Crippen MR) is 89.8 cm³/mol. The van der Waals surface area contributed by atoms with Gasteiger partial charge in [0, 0.05) is 24.1 Å². The van der Waals surface area contributed by atoms with Crippen molar-refractivity contribution in [2.24, 2.45) is 5.73 Å². The van der Waals surface area contributed by atoms with Crippen molar-refractivity contribution < 1.29 is 23.9 Å². The fraction of sp³-hybridized carbons (Fsp3) is 0.444. The molecule has 25 heavy (non-hydrogen) atoms. The van der Waals surface area contributed by atoms with Gasteiger partial charge in [-0.05, 0) is 44.9 Å². The van der Waals surface area contributed by atoms with E-state index in [-0.39, 0.29) is 25.3 Å². The molecule has 1 aliphatic heterocycles. The predicted octanol–water partition coefficient (Wildman–Crippen LogP) is 1.43. The highest BCUT2D eigenvalue weighted by Gasteiger charge is 2.36. The molecule has 134 valence electrons. The summed E-state index contributed by atoms with van der Waals surface area (Å²) < 4.78 is 5.22. The Bertz CT molecular complexity index is 721. The average Bonchev–Trinajstić information content (AvgIpc) is 2.81. The number of aldehydes is 1. The summed E-state index contributed by atoms with van der Waals surface area (Å²) in [5.41, 5.74) is 6.38. The molecule has 0 saturated carbocycles. The molecule has 7 nitrogen and oxygen atoms in total. The molecule has 0 unspecified atom stereocenters. The molecule has 7 heteroatoms. The maximum atomic E-state index is 12.5. The molecule has 1 aromatic rings. The van der Waals surface area contributed by atoms with E-state index in [0.29, 0.717) is 23.0 Å². The Morgan fingerprint density at radius 2 is 2.04 bits per heavy atom. The zero-order valence-corrected chi connectivity index (χ0v) is 14.6. The third-order valence-electron chi connectivity index (χ3n) is 3.84. The first-order valence-electron chi connectivity index (χ1n) is 8.02. The number of ether oxygens (including phenoxy) is 1. The van der Waals surface area contributed by atoms with E-state index in [2.05, 4.69) is 0 Å². The average molecular weight is 346 g/mol. The van der Waals surface area contributed by atoms with Crippen molar-refractivity contribution in [2.75, 3.05) is 0 Å². The first-order chi connectivity index (χ1) is 11.6. The summed E-state index contributed by atoms with van der Waals surface area (Å²) in [6, 6.07) is 3.82. The summed E-state index contributed by atoms with van der Waals surface area (Å²) in [5, 5.41) is 0. The smallest absolute Gasteiger partial charge is 0.306 e. The van der Waals surface area contributed by atoms with Crippen molar-refractivity contribution in [3.8, 4) is 0 Å². The maximum absolute atomic E-state index is 12.5. The van der Waals surface area contributed by atoms with Crippen LogP contribution in [0, 0.1) is 0 Å². The van der Waals surface area contributed by atoms with Crippen molar-refractivity contribution in [3.63, 3.8) is 0 Å². The molecular formula is C18H22N2O5. The number of fused-ring (bicyclic) bond motifs is 1. The number of nitrogens with zero attached hydrogens (tertiary/aromatic N) is 1. The number of hydrogen-bond donors (Lipinski definition) is 1. The lowest BCUT2D eigenvalue weighted by Crippen LogP contribution is -2.45. The summed E-state index contributed by atoms with van der Waals surface area (Å²) in [4.78, 5) is 48.4. The molecule has 0 aliphatic carbocycles. The second-order valence-corrected chi connectivity index (χ2v) is 7.01. The topological polar surface area (TPSA) is 107 Å². The van der Waals surface area contributed by atoms with Gasteiger partial charge in [-0.25, -0.2) is 0 Å². The number of hydrogen-bond acceptors (Lipinski definition) is 5. The molecule has 2 N–H and O–H groups in total. The Morgan fingerprint density at radius 3 is 2.60 bits per heavy atom. The van der Waals surface area contributed by atoms with Crippen LogP contribution in [0.5, 0.6) is 0 Å². The second-order valence-electron chi connectivity index (χ2n) is 7.01. The summed E-state index contributed by atoms with van der Waals surface area (Å²) in [6.45, 7) is 5.43. The van der Waals surface area contributed by atoms with E-state index < -0.39 is 23.5 Å². The molecule has 1 heterocycles. The number of primary amides is 1. The van der Waals surface area contributed by atoms with Crippen LogP contribution in [0.4, 0.5) is 0 Å². The third-order valence-corrected chi connectivity index (χ3v) is 3.84. The standard InChI is InChI=1S/C18H22N2O5/c1-18(2,3)25-15(22)7-6-14(16(19)23)20-9-12-8-11(10-21)4-5-13(12)17(20)24/h4-5,8,10,14H,6-7,9H2,1-3H3,(H2,19,23)/t14-/m0/s1. The van der Waals surface area contributed by atoms with Gasteiger partial charge >= 0.3 is 5.97 Å². The number of carbonyl (C=O) groups excluding carboxylic acids is 4. The maximum Gasteiger partial charge on any atom is 0.306 e. The van der Waals surface area contributed by atoms with Gasteiger partial charge in [-0.3, -0.25) is 19.2 Å². The van der Waals surface area contributed by atoms with Crippen LogP contribution in [0.15, 0.2) is 18.2 Å². The summed E-state index contributed by atoms with van der Waals surface area (Å²) in [7, 11) is 0. The zero-order valence-electron chi connectivity index (χ0n) is 14.6. The molecule has 0 saturated heterocycles. The van der Waals surface area contributed by atoms with Gasteiger partial charge in [0.05, 0.1) is 0 Å². The van der Waals surface area contributed by atoms with Crippen molar-refractivity contribution in [1.29, 1.82) is 0 Å². The number of rotatable bonds is 6. The number of esters is 1. The van der Waals surface area contributed by atoms with Crippen LogP contribution in [-0.2, 0) is 20.9 Å². The molecule has 0 spiro atoms. The first kappa shape index (κ1) is 18.6. The molecule has 1 aliphatic rings. The number of carbonyl (C=O) groups is 4. The highest BCUT2D eigenvalue weighted by Crippen LogP contribution is 2.27. The fourth-order valence-electron chi connectivity index (χ4n) is 2.79. The highest BCUT2D eigenvalue weighted by atomic mass is 16.6. The summed E-state index contributed by atoms with van der Waals surface area (Å²) in [6.07, 6.45) is 0.761. The van der Waals surface area contributed by atoms with E-state index in [1.54, 1.807) is 39.0 Å². The quantitative estimate of drug-likeness (QED) is 0.619. The number of nitrogens with two attached hydrogens (primary N) is 1. The monoisotopic (exact) mass is 346 g/mol. The van der Waals surface area contributed by atoms with E-state index in [1.807, 2.05) is 0 Å². The Morgan fingerprint density at radius 1 is 1.36 bits per heavy atom. The van der Waals surface area contributed by atoms with Gasteiger partial charge in [-0.15, -0.1) is 0 Å². The lowest BCUT2D eigenvalue weighted by atomic mass is 10.1. The molecule has 2 rings (SSSR count). The van der Waals surface area contributed by atoms with Crippen LogP contribution in [0.2, 0.25) is 0 Å². The van der Waals surface area contributed by atoms with Crippen LogP contribution in [-0.4, -0.2) is 40.6 Å². The molecule has 0 aromatic heterocycles. The zero-order chi connectivity index (χ0) is 18.8. The van der Waals surface area contributed by atoms with Gasteiger partial charge in [0.1, 0.15) is 17.9 Å². The normalized spacial score (nSPS) is 14.8. The van der Waals surface area contributed by atoms with E-state index >= 15 is 0 Å². The minimum absolute atomic E-state index is 0.0232. The Balaban J connectivity index is 2.11. The lowest BCUT2D eigenvalue weighted by molar-refractivity contribution is -0.155. The Kier molecular flexibility index (Phi) is 5.25. The molecule has 0 fully saturated rings. The molecule has 1 atom stereocenters. The molecule has 2 amide bonds. The fourth-order valence-corrected chi connectivity index (χ4v) is 2.79. The highest BCUT2D eigenvalue weighted by molar-refractivity contribution is 6.01. The third kappa shape index (κ3) is 4.43. The summed E-state index contributed by atoms with van der Waals surface area (Å²) in [5.74, 6) is -1.47. The van der Waals surface area contributed by atoms with Gasteiger partial charge < -0.3 is 15.4 Å². The molecule has 0 bridgehead atoms. The van der Waals surface area contributed by atoms with Crippen LogP contribution in [0.1, 0.15) is 59.9 Å². The number of benzene rings is 1. The van der Waals surface area contributed by atoms with Gasteiger partial charge in [-0.2, -0.15) is 0 Å². The molecule has 0 radical (unpaired) electrons. The Hall–Kier alpha value is -2.70. The van der Waals surface area contributed by atoms with Crippen molar-refractivity contribution in [1.82, 2.24) is 4.90 Å². The van der Waals surface area contributed by atoms with Crippen molar-refractivity contribution >= 4 is 24.1 Å². The number of amides is 2. The van der Waals surface area contributed by atoms with Crippen LogP contribution < -0.4 is 5.73 Å². The lowest BCUT2D eigenvalue weighted by Gasteiger charge is -2.25. The van der Waals surface area contributed by atoms with Gasteiger partial charge in [0.25, 0.3) is 5.91 Å². The minimum Gasteiger partial charge on any atom is -0.460 e. The van der Waals surface area contributed by atoms with Gasteiger partial charge in [0.15, 0.2) is 0 Å². The van der Waals surface area contributed by atoms with Crippen LogP contribution in [0.3, 0.4) is 0 Å². The van der Waals surface area contributed by atoms with Crippen molar-refractivity contribution in [2.45, 2.75) is 51.8 Å². The Labute approximate surface area is 146 Å². The van der Waals surface area contributed by atoms with Crippen molar-refractivity contribution in [3.05, 3.63) is 34.9 Å². The first-order valence-corrected chi connectivity index (χ1v) is 8.02. The van der Waals surface area contributed by atoms with Gasteiger partial charge in [-0.1, -0.05) is 6.07 Å². The minimum atomic E-state index is -0.910. The SMILES string of the molecule is CC(C)(C)OC(=O)CC[C@@H](C(N)=O)N1Cc2cc(C=O)ccc2C1=O. The van der Waals surface area contributed by atoms with Gasteiger partial charge in [0.2, 0.25) is 5.91 Å². The van der Waals surface area contributed by atoms with E-state index in [0.717, 1.165) is 0 Å². The van der Waals surface area contributed by atoms with E-state index in [9.17, 15) is 19.2 Å². The second kappa shape index (κ2) is 7.04. The molecular weight excluding hydrogens is 324 g/mol. The largest absolute Gasteiger partial charge is 0.460 e. The van der Waals surface area contributed by atoms with Crippen LogP contribution in [0.25, 0.3) is 0 Å². The van der Waals surface area contributed by atoms with E-state index in [4.69, 9.17) is 10.5 Å². The van der Waals surface area contributed by atoms with Crippen LogP contribution >= 0.6 is 0 Å². The van der Waals surface area contributed by atoms with E-state index in [1.165, 1.54) is 4.90 Å². The molecule has 1 aromatic carbocycles.